The Labute approximate surface area is 109 Å². The van der Waals surface area contributed by atoms with Crippen molar-refractivity contribution >= 4 is 21.8 Å². The molecular formula is C13H26BrNO. The lowest BCUT2D eigenvalue weighted by atomic mass is 9.97. The molecule has 0 saturated carbocycles. The lowest BCUT2D eigenvalue weighted by Gasteiger charge is -2.21. The normalized spacial score (nSPS) is 11.5. The summed E-state index contributed by atoms with van der Waals surface area (Å²) in [6, 6.07) is 0. The van der Waals surface area contributed by atoms with Crippen LogP contribution in [0, 0.1) is 5.41 Å². The van der Waals surface area contributed by atoms with Gasteiger partial charge in [-0.05, 0) is 11.8 Å². The second kappa shape index (κ2) is 9.03. The lowest BCUT2D eigenvalue weighted by molar-refractivity contribution is -0.121. The highest BCUT2D eigenvalue weighted by atomic mass is 79.9. The minimum Gasteiger partial charge on any atom is -0.356 e. The van der Waals surface area contributed by atoms with Crippen LogP contribution in [0.2, 0.25) is 0 Å². The van der Waals surface area contributed by atoms with Crippen molar-refractivity contribution in [3.8, 4) is 0 Å². The molecule has 1 amide bonds. The molecule has 3 heteroatoms. The number of amides is 1. The minimum absolute atomic E-state index is 0.151. The lowest BCUT2D eigenvalue weighted by Crippen LogP contribution is -2.34. The van der Waals surface area contributed by atoms with Crippen LogP contribution in [0.4, 0.5) is 0 Å². The molecule has 0 fully saturated rings. The molecule has 2 nitrogen and oxygen atoms in total. The van der Waals surface area contributed by atoms with E-state index in [0.717, 1.165) is 18.3 Å². The SMILES string of the molecule is CCCCCCCC(=O)NCC(C)(C)CBr. The maximum Gasteiger partial charge on any atom is 0.220 e. The molecule has 1 N–H and O–H groups in total. The van der Waals surface area contributed by atoms with Crippen LogP contribution in [0.15, 0.2) is 0 Å². The van der Waals surface area contributed by atoms with Gasteiger partial charge in [-0.1, -0.05) is 62.4 Å². The summed E-state index contributed by atoms with van der Waals surface area (Å²) in [5.41, 5.74) is 0.151. The fourth-order valence-corrected chi connectivity index (χ4v) is 1.56. The molecule has 0 aliphatic heterocycles. The first kappa shape index (κ1) is 16.0. The van der Waals surface area contributed by atoms with Crippen molar-refractivity contribution in [1.29, 1.82) is 0 Å². The van der Waals surface area contributed by atoms with E-state index in [-0.39, 0.29) is 11.3 Å². The van der Waals surface area contributed by atoms with Gasteiger partial charge >= 0.3 is 0 Å². The average Bonchev–Trinajstić information content (AvgIpc) is 2.26. The van der Waals surface area contributed by atoms with Crippen molar-refractivity contribution in [2.24, 2.45) is 5.41 Å². The Morgan fingerprint density at radius 2 is 1.81 bits per heavy atom. The fraction of sp³-hybridized carbons (Fsp3) is 0.923. The minimum atomic E-state index is 0.151. The van der Waals surface area contributed by atoms with Gasteiger partial charge in [-0.15, -0.1) is 0 Å². The number of nitrogens with one attached hydrogen (secondary N) is 1. The van der Waals surface area contributed by atoms with E-state index in [1.165, 1.54) is 25.7 Å². The zero-order valence-electron chi connectivity index (χ0n) is 10.9. The van der Waals surface area contributed by atoms with E-state index in [1.807, 2.05) is 0 Å². The van der Waals surface area contributed by atoms with E-state index in [4.69, 9.17) is 0 Å². The molecule has 0 aromatic heterocycles. The van der Waals surface area contributed by atoms with Crippen LogP contribution in [0.1, 0.15) is 59.3 Å². The van der Waals surface area contributed by atoms with E-state index >= 15 is 0 Å². The molecule has 0 spiro atoms. The number of hydrogen-bond acceptors (Lipinski definition) is 1. The maximum atomic E-state index is 11.5. The monoisotopic (exact) mass is 291 g/mol. The molecule has 0 aromatic rings. The first-order valence-electron chi connectivity index (χ1n) is 6.34. The van der Waals surface area contributed by atoms with Crippen LogP contribution in [0.3, 0.4) is 0 Å². The van der Waals surface area contributed by atoms with Gasteiger partial charge in [-0.3, -0.25) is 4.79 Å². The standard InChI is InChI=1S/C13H26BrNO/c1-4-5-6-7-8-9-12(16)15-11-13(2,3)10-14/h4-11H2,1-3H3,(H,15,16). The number of carbonyl (C=O) groups is 1. The van der Waals surface area contributed by atoms with Crippen molar-refractivity contribution in [2.75, 3.05) is 11.9 Å². The van der Waals surface area contributed by atoms with E-state index in [2.05, 4.69) is 42.0 Å². The third kappa shape index (κ3) is 9.20. The van der Waals surface area contributed by atoms with Gasteiger partial charge in [0.1, 0.15) is 0 Å². The van der Waals surface area contributed by atoms with E-state index in [0.29, 0.717) is 6.42 Å². The Kier molecular flexibility index (Phi) is 9.00. The summed E-state index contributed by atoms with van der Waals surface area (Å²) in [5.74, 6) is 0.200. The van der Waals surface area contributed by atoms with Gasteiger partial charge in [0.15, 0.2) is 0 Å². The highest BCUT2D eigenvalue weighted by molar-refractivity contribution is 9.09. The number of rotatable bonds is 9. The van der Waals surface area contributed by atoms with E-state index in [9.17, 15) is 4.79 Å². The smallest absolute Gasteiger partial charge is 0.220 e. The van der Waals surface area contributed by atoms with Crippen molar-refractivity contribution in [3.63, 3.8) is 0 Å². The summed E-state index contributed by atoms with van der Waals surface area (Å²) in [4.78, 5) is 11.5. The maximum absolute atomic E-state index is 11.5. The number of alkyl halides is 1. The first-order valence-corrected chi connectivity index (χ1v) is 7.46. The largest absolute Gasteiger partial charge is 0.356 e. The van der Waals surface area contributed by atoms with Gasteiger partial charge < -0.3 is 5.32 Å². The Hall–Kier alpha value is -0.0500. The van der Waals surface area contributed by atoms with E-state index < -0.39 is 0 Å². The predicted molar refractivity (Wildman–Crippen MR) is 74.0 cm³/mol. The van der Waals surface area contributed by atoms with Crippen LogP contribution in [-0.4, -0.2) is 17.8 Å². The highest BCUT2D eigenvalue weighted by Crippen LogP contribution is 2.16. The Bertz CT molecular complexity index is 192. The van der Waals surface area contributed by atoms with Gasteiger partial charge in [0.25, 0.3) is 0 Å². The Morgan fingerprint density at radius 3 is 2.38 bits per heavy atom. The third-order valence-corrected chi connectivity index (χ3v) is 4.15. The molecule has 0 heterocycles. The van der Waals surface area contributed by atoms with Gasteiger partial charge in [-0.25, -0.2) is 0 Å². The molecule has 0 rings (SSSR count). The van der Waals surface area contributed by atoms with Crippen molar-refractivity contribution in [1.82, 2.24) is 5.32 Å². The van der Waals surface area contributed by atoms with Gasteiger partial charge in [0.05, 0.1) is 0 Å². The molecule has 0 aromatic carbocycles. The summed E-state index contributed by atoms with van der Waals surface area (Å²) < 4.78 is 0. The summed E-state index contributed by atoms with van der Waals surface area (Å²) in [6.07, 6.45) is 6.70. The first-order chi connectivity index (χ1) is 7.52. The molecule has 16 heavy (non-hydrogen) atoms. The third-order valence-electron chi connectivity index (χ3n) is 2.63. The van der Waals surface area contributed by atoms with Crippen LogP contribution in [0.25, 0.3) is 0 Å². The molecule has 0 radical (unpaired) electrons. The Balaban J connectivity index is 3.45. The summed E-state index contributed by atoms with van der Waals surface area (Å²) in [6.45, 7) is 7.24. The van der Waals surface area contributed by atoms with Crippen LogP contribution in [0.5, 0.6) is 0 Å². The van der Waals surface area contributed by atoms with Crippen molar-refractivity contribution in [2.45, 2.75) is 59.3 Å². The number of unbranched alkanes of at least 4 members (excludes halogenated alkanes) is 4. The van der Waals surface area contributed by atoms with Crippen LogP contribution < -0.4 is 5.32 Å². The van der Waals surface area contributed by atoms with Gasteiger partial charge in [-0.2, -0.15) is 0 Å². The average molecular weight is 292 g/mol. The van der Waals surface area contributed by atoms with Crippen molar-refractivity contribution in [3.05, 3.63) is 0 Å². The van der Waals surface area contributed by atoms with Gasteiger partial charge in [0.2, 0.25) is 5.91 Å². The number of carbonyl (C=O) groups excluding carboxylic acids is 1. The van der Waals surface area contributed by atoms with E-state index in [1.54, 1.807) is 0 Å². The van der Waals surface area contributed by atoms with Crippen LogP contribution in [-0.2, 0) is 4.79 Å². The summed E-state index contributed by atoms with van der Waals surface area (Å²) in [5, 5.41) is 3.91. The molecule has 0 unspecified atom stereocenters. The molecule has 0 bridgehead atoms. The second-order valence-corrected chi connectivity index (χ2v) is 5.80. The molecule has 0 aliphatic carbocycles. The molecule has 96 valence electrons. The Morgan fingerprint density at radius 1 is 1.19 bits per heavy atom. The van der Waals surface area contributed by atoms with Crippen LogP contribution >= 0.6 is 15.9 Å². The zero-order valence-corrected chi connectivity index (χ0v) is 12.5. The highest BCUT2D eigenvalue weighted by Gasteiger charge is 2.16. The predicted octanol–water partition coefficient (Wildman–Crippen LogP) is 3.88. The topological polar surface area (TPSA) is 29.1 Å². The summed E-state index contributed by atoms with van der Waals surface area (Å²) >= 11 is 3.45. The zero-order chi connectivity index (χ0) is 12.4. The van der Waals surface area contributed by atoms with Crippen molar-refractivity contribution < 1.29 is 4.79 Å². The fourth-order valence-electron chi connectivity index (χ4n) is 1.36. The number of halogens is 1. The molecular weight excluding hydrogens is 266 g/mol. The molecule has 0 aliphatic rings. The van der Waals surface area contributed by atoms with Gasteiger partial charge in [0, 0.05) is 18.3 Å². The molecule has 0 atom stereocenters. The number of hydrogen-bond donors (Lipinski definition) is 1. The quantitative estimate of drug-likeness (QED) is 0.507. The summed E-state index contributed by atoms with van der Waals surface area (Å²) in [7, 11) is 0. The molecule has 0 saturated heterocycles. The second-order valence-electron chi connectivity index (χ2n) is 5.24.